The molecule has 4 heteroatoms. The maximum absolute atomic E-state index is 5.17. The van der Waals surface area contributed by atoms with E-state index in [2.05, 4.69) is 5.32 Å². The molecule has 0 amide bonds. The topological polar surface area (TPSA) is 47.3 Å². The summed E-state index contributed by atoms with van der Waals surface area (Å²) in [6.07, 6.45) is 0. The summed E-state index contributed by atoms with van der Waals surface area (Å²) in [4.78, 5) is 0. The Balaban J connectivity index is 0. The molecule has 0 unspecified atom stereocenters. The highest BCUT2D eigenvalue weighted by molar-refractivity contribution is 5.85. The first-order valence-corrected chi connectivity index (χ1v) is 2.84. The van der Waals surface area contributed by atoms with Crippen LogP contribution in [0.2, 0.25) is 0 Å². The van der Waals surface area contributed by atoms with Crippen LogP contribution in [0.5, 0.6) is 0 Å². The lowest BCUT2D eigenvalue weighted by atomic mass is 10.7. The Kier molecular flexibility index (Phi) is 14.6. The molecule has 0 bridgehead atoms. The fourth-order valence-corrected chi connectivity index (χ4v) is 0.360. The molecule has 9 heavy (non-hydrogen) atoms. The van der Waals surface area contributed by atoms with Crippen molar-refractivity contribution in [2.45, 2.75) is 0 Å². The molecule has 0 heterocycles. The van der Waals surface area contributed by atoms with Crippen LogP contribution in [0, 0.1) is 0 Å². The monoisotopic (exact) mass is 154 g/mol. The zero-order valence-electron chi connectivity index (χ0n) is 5.72. The summed E-state index contributed by atoms with van der Waals surface area (Å²) in [5, 5.41) is 2.96. The third kappa shape index (κ3) is 11.6. The first-order chi connectivity index (χ1) is 3.91. The Bertz CT molecular complexity index is 39.9. The van der Waals surface area contributed by atoms with Crippen molar-refractivity contribution in [2.75, 3.05) is 33.4 Å². The number of hydrogen-bond donors (Lipinski definition) is 2. The molecule has 0 atom stereocenters. The van der Waals surface area contributed by atoms with Gasteiger partial charge in [0.1, 0.15) is 0 Å². The van der Waals surface area contributed by atoms with Gasteiger partial charge in [-0.05, 0) is 7.05 Å². The molecule has 0 saturated carbocycles. The highest BCUT2D eigenvalue weighted by Crippen LogP contribution is 1.67. The second-order valence-electron chi connectivity index (χ2n) is 1.50. The van der Waals surface area contributed by atoms with Crippen LogP contribution in [0.1, 0.15) is 0 Å². The summed E-state index contributed by atoms with van der Waals surface area (Å²) >= 11 is 0. The van der Waals surface area contributed by atoms with Crippen molar-refractivity contribution in [2.24, 2.45) is 5.73 Å². The van der Waals surface area contributed by atoms with Gasteiger partial charge in [0.05, 0.1) is 13.2 Å². The summed E-state index contributed by atoms with van der Waals surface area (Å²) in [5.41, 5.74) is 5.17. The second-order valence-corrected chi connectivity index (χ2v) is 1.50. The Labute approximate surface area is 62.4 Å². The van der Waals surface area contributed by atoms with Crippen LogP contribution in [0.25, 0.3) is 0 Å². The van der Waals surface area contributed by atoms with Gasteiger partial charge < -0.3 is 15.8 Å². The van der Waals surface area contributed by atoms with Gasteiger partial charge in [-0.3, -0.25) is 0 Å². The minimum Gasteiger partial charge on any atom is -0.379 e. The normalized spacial score (nSPS) is 8.67. The highest BCUT2D eigenvalue weighted by atomic mass is 35.5. The minimum atomic E-state index is 0. The van der Waals surface area contributed by atoms with Gasteiger partial charge in [-0.1, -0.05) is 0 Å². The first-order valence-electron chi connectivity index (χ1n) is 2.84. The molecular formula is C5H15ClN2O. The Hall–Kier alpha value is 0.170. The maximum Gasteiger partial charge on any atom is 0.0591 e. The summed E-state index contributed by atoms with van der Waals surface area (Å²) in [6.45, 7) is 2.94. The quantitative estimate of drug-likeness (QED) is 0.530. The van der Waals surface area contributed by atoms with E-state index in [0.717, 1.165) is 13.2 Å². The molecule has 3 nitrogen and oxygen atoms in total. The zero-order valence-corrected chi connectivity index (χ0v) is 6.54. The van der Waals surface area contributed by atoms with E-state index in [1.54, 1.807) is 0 Å². The fraction of sp³-hybridized carbons (Fsp3) is 1.00. The van der Waals surface area contributed by atoms with Crippen molar-refractivity contribution in [1.82, 2.24) is 5.32 Å². The van der Waals surface area contributed by atoms with Gasteiger partial charge in [0, 0.05) is 13.1 Å². The van der Waals surface area contributed by atoms with E-state index in [9.17, 15) is 0 Å². The number of nitrogens with one attached hydrogen (secondary N) is 1. The molecule has 0 rings (SSSR count). The molecule has 3 N–H and O–H groups in total. The molecule has 0 spiro atoms. The minimum absolute atomic E-state index is 0. The lowest BCUT2D eigenvalue weighted by molar-refractivity contribution is 0.145. The van der Waals surface area contributed by atoms with E-state index in [1.165, 1.54) is 0 Å². The smallest absolute Gasteiger partial charge is 0.0591 e. The molecular weight excluding hydrogens is 140 g/mol. The van der Waals surface area contributed by atoms with Gasteiger partial charge in [0.15, 0.2) is 0 Å². The van der Waals surface area contributed by atoms with Gasteiger partial charge in [0.25, 0.3) is 0 Å². The van der Waals surface area contributed by atoms with Crippen molar-refractivity contribution in [3.05, 3.63) is 0 Å². The maximum atomic E-state index is 5.17. The van der Waals surface area contributed by atoms with Gasteiger partial charge in [-0.2, -0.15) is 0 Å². The van der Waals surface area contributed by atoms with Gasteiger partial charge in [0.2, 0.25) is 0 Å². The van der Waals surface area contributed by atoms with Crippen LogP contribution in [0.15, 0.2) is 0 Å². The van der Waals surface area contributed by atoms with Crippen molar-refractivity contribution in [1.29, 1.82) is 0 Å². The average molecular weight is 155 g/mol. The number of nitrogens with two attached hydrogens (primary N) is 1. The lowest BCUT2D eigenvalue weighted by Crippen LogP contribution is -2.17. The van der Waals surface area contributed by atoms with Crippen LogP contribution >= 0.6 is 12.4 Å². The van der Waals surface area contributed by atoms with Crippen LogP contribution in [0.3, 0.4) is 0 Å². The fourth-order valence-electron chi connectivity index (χ4n) is 0.360. The van der Waals surface area contributed by atoms with Crippen molar-refractivity contribution < 1.29 is 4.74 Å². The third-order valence-corrected chi connectivity index (χ3v) is 0.759. The van der Waals surface area contributed by atoms with Crippen LogP contribution in [-0.2, 0) is 4.74 Å². The lowest BCUT2D eigenvalue weighted by Gasteiger charge is -1.98. The van der Waals surface area contributed by atoms with E-state index >= 15 is 0 Å². The number of hydrogen-bond acceptors (Lipinski definition) is 3. The molecule has 0 aliphatic carbocycles. The molecule has 0 aromatic carbocycles. The summed E-state index contributed by atoms with van der Waals surface area (Å²) < 4.78 is 5.04. The molecule has 0 aliphatic rings. The standard InChI is InChI=1S/C5H14N2O.ClH/c1-7-3-5-8-4-2-6;/h7H,2-6H2,1H3;1H. The van der Waals surface area contributed by atoms with Crippen LogP contribution in [0.4, 0.5) is 0 Å². The second kappa shape index (κ2) is 11.0. The van der Waals surface area contributed by atoms with Gasteiger partial charge in [-0.25, -0.2) is 0 Å². The van der Waals surface area contributed by atoms with Crippen molar-refractivity contribution >= 4 is 12.4 Å². The molecule has 0 fully saturated rings. The zero-order chi connectivity index (χ0) is 6.24. The predicted octanol–water partition coefficient (Wildman–Crippen LogP) is -0.397. The van der Waals surface area contributed by atoms with E-state index in [4.69, 9.17) is 10.5 Å². The van der Waals surface area contributed by atoms with E-state index in [1.807, 2.05) is 7.05 Å². The summed E-state index contributed by atoms with van der Waals surface area (Å²) in [6, 6.07) is 0. The Morgan fingerprint density at radius 3 is 2.56 bits per heavy atom. The number of halogens is 1. The number of likely N-dealkylation sites (N-methyl/N-ethyl adjacent to an activating group) is 1. The molecule has 0 aromatic heterocycles. The Morgan fingerprint density at radius 1 is 1.44 bits per heavy atom. The highest BCUT2D eigenvalue weighted by Gasteiger charge is 1.80. The largest absolute Gasteiger partial charge is 0.379 e. The van der Waals surface area contributed by atoms with Gasteiger partial charge >= 0.3 is 0 Å². The van der Waals surface area contributed by atoms with Crippen LogP contribution in [-0.4, -0.2) is 33.4 Å². The van der Waals surface area contributed by atoms with Crippen molar-refractivity contribution in [3.63, 3.8) is 0 Å². The average Bonchev–Trinajstić information content (AvgIpc) is 1.81. The van der Waals surface area contributed by atoms with E-state index in [0.29, 0.717) is 13.2 Å². The summed E-state index contributed by atoms with van der Waals surface area (Å²) in [5.74, 6) is 0. The van der Waals surface area contributed by atoms with Gasteiger partial charge in [-0.15, -0.1) is 12.4 Å². The molecule has 58 valence electrons. The summed E-state index contributed by atoms with van der Waals surface area (Å²) in [7, 11) is 1.89. The predicted molar refractivity (Wildman–Crippen MR) is 41.0 cm³/mol. The first kappa shape index (κ1) is 11.9. The molecule has 0 aromatic rings. The van der Waals surface area contributed by atoms with Crippen molar-refractivity contribution in [3.8, 4) is 0 Å². The number of ether oxygens (including phenoxy) is 1. The van der Waals surface area contributed by atoms with Crippen LogP contribution < -0.4 is 11.1 Å². The molecule has 0 saturated heterocycles. The SMILES string of the molecule is CNCCOCCN.Cl. The molecule has 0 radical (unpaired) electrons. The third-order valence-electron chi connectivity index (χ3n) is 0.759. The van der Waals surface area contributed by atoms with E-state index < -0.39 is 0 Å². The number of rotatable bonds is 5. The molecule has 0 aliphatic heterocycles. The Morgan fingerprint density at radius 2 is 2.11 bits per heavy atom. The van der Waals surface area contributed by atoms with E-state index in [-0.39, 0.29) is 12.4 Å².